The summed E-state index contributed by atoms with van der Waals surface area (Å²) < 4.78 is 0. The molecule has 19 heavy (non-hydrogen) atoms. The van der Waals surface area contributed by atoms with Gasteiger partial charge in [-0.2, -0.15) is 0 Å². The number of nitro groups is 1. The summed E-state index contributed by atoms with van der Waals surface area (Å²) in [5.74, 6) is 0. The van der Waals surface area contributed by atoms with Gasteiger partial charge in [0.05, 0.1) is 4.92 Å². The maximum atomic E-state index is 11.8. The van der Waals surface area contributed by atoms with Crippen molar-refractivity contribution >= 4 is 17.4 Å². The van der Waals surface area contributed by atoms with Gasteiger partial charge in [-0.15, -0.1) is 0 Å². The van der Waals surface area contributed by atoms with Crippen LogP contribution < -0.4 is 10.6 Å². The highest BCUT2D eigenvalue weighted by molar-refractivity contribution is 5.89. The molecule has 6 nitrogen and oxygen atoms in total. The molecule has 6 heteroatoms. The van der Waals surface area contributed by atoms with E-state index in [0.717, 1.165) is 25.7 Å². The Morgan fingerprint density at radius 2 is 2.00 bits per heavy atom. The van der Waals surface area contributed by atoms with Crippen LogP contribution >= 0.6 is 0 Å². The van der Waals surface area contributed by atoms with E-state index in [4.69, 9.17) is 0 Å². The molecule has 0 aliphatic heterocycles. The molecule has 0 aromatic heterocycles. The van der Waals surface area contributed by atoms with Gasteiger partial charge in [0.1, 0.15) is 0 Å². The Balaban J connectivity index is 1.90. The Hall–Kier alpha value is -2.11. The second-order valence-corrected chi connectivity index (χ2v) is 4.74. The molecule has 0 spiro atoms. The summed E-state index contributed by atoms with van der Waals surface area (Å²) in [5.41, 5.74) is 0.401. The number of amides is 2. The molecule has 2 rings (SSSR count). The van der Waals surface area contributed by atoms with Crippen molar-refractivity contribution < 1.29 is 9.72 Å². The zero-order valence-electron chi connectivity index (χ0n) is 10.6. The highest BCUT2D eigenvalue weighted by Gasteiger charge is 2.16. The predicted molar refractivity (Wildman–Crippen MR) is 72.1 cm³/mol. The van der Waals surface area contributed by atoms with Gasteiger partial charge in [0.25, 0.3) is 5.69 Å². The maximum Gasteiger partial charge on any atom is 0.319 e. The standard InChI is InChI=1S/C13H17N3O3/c17-13(14-10-5-2-1-3-6-10)15-11-7-4-8-12(9-11)16(18)19/h4,7-10H,1-3,5-6H2,(H2,14,15,17). The van der Waals surface area contributed by atoms with Crippen molar-refractivity contribution in [1.29, 1.82) is 0 Å². The van der Waals surface area contributed by atoms with E-state index in [2.05, 4.69) is 10.6 Å². The fraction of sp³-hybridized carbons (Fsp3) is 0.462. The molecule has 1 fully saturated rings. The van der Waals surface area contributed by atoms with E-state index >= 15 is 0 Å². The van der Waals surface area contributed by atoms with Gasteiger partial charge < -0.3 is 10.6 Å². The molecule has 2 amide bonds. The van der Waals surface area contributed by atoms with Gasteiger partial charge in [0, 0.05) is 23.9 Å². The molecule has 102 valence electrons. The third-order valence-electron chi connectivity index (χ3n) is 3.26. The SMILES string of the molecule is O=C(Nc1cccc([N+](=O)[O-])c1)NC1CCCCC1. The van der Waals surface area contributed by atoms with Crippen LogP contribution in [0.25, 0.3) is 0 Å². The molecule has 0 heterocycles. The van der Waals surface area contributed by atoms with Crippen LogP contribution in [0.3, 0.4) is 0 Å². The monoisotopic (exact) mass is 263 g/mol. The van der Waals surface area contributed by atoms with Gasteiger partial charge in [-0.25, -0.2) is 4.79 Å². The van der Waals surface area contributed by atoms with E-state index in [0.29, 0.717) is 5.69 Å². The maximum absolute atomic E-state index is 11.8. The molecular weight excluding hydrogens is 246 g/mol. The molecule has 1 aliphatic rings. The topological polar surface area (TPSA) is 84.3 Å². The highest BCUT2D eigenvalue weighted by Crippen LogP contribution is 2.19. The average Bonchev–Trinajstić information content (AvgIpc) is 2.40. The van der Waals surface area contributed by atoms with Crippen molar-refractivity contribution in [2.75, 3.05) is 5.32 Å². The average molecular weight is 263 g/mol. The number of rotatable bonds is 3. The third-order valence-corrected chi connectivity index (χ3v) is 3.26. The van der Waals surface area contributed by atoms with E-state index in [1.165, 1.54) is 18.6 Å². The Kier molecular flexibility index (Phi) is 4.33. The number of carbonyl (C=O) groups excluding carboxylic acids is 1. The Bertz CT molecular complexity index is 470. The predicted octanol–water partition coefficient (Wildman–Crippen LogP) is 3.05. The van der Waals surface area contributed by atoms with E-state index < -0.39 is 4.92 Å². The smallest absolute Gasteiger partial charge is 0.319 e. The quantitative estimate of drug-likeness (QED) is 0.649. The number of nitro benzene ring substituents is 1. The van der Waals surface area contributed by atoms with Crippen LogP contribution in [-0.4, -0.2) is 17.0 Å². The number of urea groups is 1. The number of hydrogen-bond acceptors (Lipinski definition) is 3. The van der Waals surface area contributed by atoms with Crippen LogP contribution in [0.4, 0.5) is 16.2 Å². The number of non-ortho nitro benzene ring substituents is 1. The molecule has 0 unspecified atom stereocenters. The lowest BCUT2D eigenvalue weighted by Crippen LogP contribution is -2.39. The van der Waals surface area contributed by atoms with Crippen molar-refractivity contribution in [2.45, 2.75) is 38.1 Å². The molecule has 1 aromatic rings. The summed E-state index contributed by atoms with van der Waals surface area (Å²) in [4.78, 5) is 21.9. The zero-order valence-corrected chi connectivity index (χ0v) is 10.6. The Labute approximate surface area is 111 Å². The first-order valence-corrected chi connectivity index (χ1v) is 6.47. The second-order valence-electron chi connectivity index (χ2n) is 4.74. The minimum Gasteiger partial charge on any atom is -0.335 e. The van der Waals surface area contributed by atoms with Crippen LogP contribution in [0.2, 0.25) is 0 Å². The fourth-order valence-electron chi connectivity index (χ4n) is 2.30. The van der Waals surface area contributed by atoms with Crippen molar-refractivity contribution in [2.24, 2.45) is 0 Å². The summed E-state index contributed by atoms with van der Waals surface area (Å²) >= 11 is 0. The van der Waals surface area contributed by atoms with Gasteiger partial charge in [-0.1, -0.05) is 25.3 Å². The van der Waals surface area contributed by atoms with Crippen LogP contribution in [0.1, 0.15) is 32.1 Å². The number of carbonyl (C=O) groups is 1. The number of anilines is 1. The Morgan fingerprint density at radius 3 is 2.68 bits per heavy atom. The van der Waals surface area contributed by atoms with E-state index in [1.807, 2.05) is 0 Å². The van der Waals surface area contributed by atoms with Gasteiger partial charge >= 0.3 is 6.03 Å². The molecule has 1 aromatic carbocycles. The van der Waals surface area contributed by atoms with Gasteiger partial charge in [-0.3, -0.25) is 10.1 Å². The van der Waals surface area contributed by atoms with Crippen molar-refractivity contribution in [1.82, 2.24) is 5.32 Å². The normalized spacial score (nSPS) is 15.8. The number of nitrogens with zero attached hydrogens (tertiary/aromatic N) is 1. The largest absolute Gasteiger partial charge is 0.335 e. The lowest BCUT2D eigenvalue weighted by molar-refractivity contribution is -0.384. The summed E-state index contributed by atoms with van der Waals surface area (Å²) in [6, 6.07) is 5.84. The van der Waals surface area contributed by atoms with E-state index in [9.17, 15) is 14.9 Å². The lowest BCUT2D eigenvalue weighted by Gasteiger charge is -2.22. The van der Waals surface area contributed by atoms with Crippen LogP contribution in [0, 0.1) is 10.1 Å². The molecule has 1 saturated carbocycles. The molecule has 0 radical (unpaired) electrons. The van der Waals surface area contributed by atoms with Gasteiger partial charge in [-0.05, 0) is 18.9 Å². The fourth-order valence-corrected chi connectivity index (χ4v) is 2.30. The van der Waals surface area contributed by atoms with Crippen LogP contribution in [0.15, 0.2) is 24.3 Å². The van der Waals surface area contributed by atoms with Crippen LogP contribution in [0.5, 0.6) is 0 Å². The number of hydrogen-bond donors (Lipinski definition) is 2. The first-order chi connectivity index (χ1) is 9.15. The first kappa shape index (κ1) is 13.3. The second kappa shape index (κ2) is 6.17. The van der Waals surface area contributed by atoms with Crippen LogP contribution in [-0.2, 0) is 0 Å². The summed E-state index contributed by atoms with van der Waals surface area (Å²) in [6.45, 7) is 0. The van der Waals surface area contributed by atoms with Gasteiger partial charge in [0.2, 0.25) is 0 Å². The van der Waals surface area contributed by atoms with E-state index in [1.54, 1.807) is 12.1 Å². The molecule has 0 bridgehead atoms. The van der Waals surface area contributed by atoms with Crippen molar-refractivity contribution in [3.8, 4) is 0 Å². The minimum atomic E-state index is -0.482. The summed E-state index contributed by atoms with van der Waals surface area (Å²) in [5, 5.41) is 16.2. The number of nitrogens with one attached hydrogen (secondary N) is 2. The summed E-state index contributed by atoms with van der Waals surface area (Å²) in [7, 11) is 0. The zero-order chi connectivity index (χ0) is 13.7. The molecule has 0 atom stereocenters. The Morgan fingerprint density at radius 1 is 1.26 bits per heavy atom. The third kappa shape index (κ3) is 3.94. The van der Waals surface area contributed by atoms with E-state index in [-0.39, 0.29) is 17.8 Å². The summed E-state index contributed by atoms with van der Waals surface area (Å²) in [6.07, 6.45) is 5.51. The number of benzene rings is 1. The van der Waals surface area contributed by atoms with Crippen molar-refractivity contribution in [3.05, 3.63) is 34.4 Å². The first-order valence-electron chi connectivity index (χ1n) is 6.47. The lowest BCUT2D eigenvalue weighted by atomic mass is 9.96. The highest BCUT2D eigenvalue weighted by atomic mass is 16.6. The van der Waals surface area contributed by atoms with Crippen molar-refractivity contribution in [3.63, 3.8) is 0 Å². The molecule has 2 N–H and O–H groups in total. The minimum absolute atomic E-state index is 0.0320. The van der Waals surface area contributed by atoms with Gasteiger partial charge in [0.15, 0.2) is 0 Å². The molecular formula is C13H17N3O3. The molecule has 0 saturated heterocycles. The molecule has 1 aliphatic carbocycles.